The lowest BCUT2D eigenvalue weighted by Crippen LogP contribution is -2.40. The number of benzene rings is 1. The van der Waals surface area contributed by atoms with Gasteiger partial charge in [-0.3, -0.25) is 19.3 Å². The van der Waals surface area contributed by atoms with Gasteiger partial charge in [0.05, 0.1) is 30.1 Å². The first-order valence-corrected chi connectivity index (χ1v) is 7.97. The van der Waals surface area contributed by atoms with Crippen LogP contribution < -0.4 is 0 Å². The van der Waals surface area contributed by atoms with Gasteiger partial charge in [-0.25, -0.2) is 0 Å². The minimum Gasteiger partial charge on any atom is -0.463 e. The van der Waals surface area contributed by atoms with Gasteiger partial charge in [0.15, 0.2) is 0 Å². The molecule has 0 N–H and O–H groups in total. The predicted molar refractivity (Wildman–Crippen MR) is 82.5 cm³/mol. The summed E-state index contributed by atoms with van der Waals surface area (Å²) in [5, 5.41) is 0. The Hall–Kier alpha value is -2.47. The summed E-state index contributed by atoms with van der Waals surface area (Å²) in [5.74, 6) is -1.86. The van der Waals surface area contributed by atoms with Crippen molar-refractivity contribution in [3.8, 4) is 0 Å². The fraction of sp³-hybridized carbons (Fsp3) is 0.389. The van der Waals surface area contributed by atoms with E-state index in [4.69, 9.17) is 9.47 Å². The Labute approximate surface area is 139 Å². The van der Waals surface area contributed by atoms with E-state index in [2.05, 4.69) is 0 Å². The number of fused-ring (bicyclic) bond motifs is 5. The molecular formula is C18H17NO5. The van der Waals surface area contributed by atoms with Crippen LogP contribution in [0, 0.1) is 11.8 Å². The van der Waals surface area contributed by atoms with Gasteiger partial charge in [0.25, 0.3) is 0 Å². The van der Waals surface area contributed by atoms with E-state index in [1.54, 1.807) is 0 Å². The summed E-state index contributed by atoms with van der Waals surface area (Å²) < 4.78 is 10.8. The van der Waals surface area contributed by atoms with Crippen molar-refractivity contribution >= 4 is 17.8 Å². The minimum atomic E-state index is -0.611. The second-order valence-corrected chi connectivity index (χ2v) is 6.28. The van der Waals surface area contributed by atoms with Crippen LogP contribution in [0.4, 0.5) is 0 Å². The molecule has 2 fully saturated rings. The molecule has 24 heavy (non-hydrogen) atoms. The number of imide groups is 1. The lowest BCUT2D eigenvalue weighted by atomic mass is 9.85. The van der Waals surface area contributed by atoms with Crippen molar-refractivity contribution < 1.29 is 23.9 Å². The molecule has 5 atom stereocenters. The molecule has 0 spiro atoms. The van der Waals surface area contributed by atoms with Gasteiger partial charge in [-0.05, 0) is 5.56 Å². The quantitative estimate of drug-likeness (QED) is 0.472. The second kappa shape index (κ2) is 5.56. The van der Waals surface area contributed by atoms with Gasteiger partial charge in [-0.15, -0.1) is 0 Å². The lowest BCUT2D eigenvalue weighted by molar-refractivity contribution is -0.152. The molecule has 0 aromatic heterocycles. The normalized spacial score (nSPS) is 31.5. The molecule has 6 nitrogen and oxygen atoms in total. The van der Waals surface area contributed by atoms with Gasteiger partial charge in [-0.2, -0.15) is 0 Å². The van der Waals surface area contributed by atoms with Crippen molar-refractivity contribution in [3.63, 3.8) is 0 Å². The highest BCUT2D eigenvalue weighted by atomic mass is 16.5. The topological polar surface area (TPSA) is 72.9 Å². The third-order valence-electron chi connectivity index (χ3n) is 4.89. The lowest BCUT2D eigenvalue weighted by Gasteiger charge is -2.27. The molecule has 3 aliphatic heterocycles. The van der Waals surface area contributed by atoms with E-state index in [-0.39, 0.29) is 30.6 Å². The summed E-state index contributed by atoms with van der Waals surface area (Å²) in [6, 6.07) is 8.55. The van der Waals surface area contributed by atoms with Crippen LogP contribution in [0.2, 0.25) is 0 Å². The molecule has 1 aromatic carbocycles. The van der Waals surface area contributed by atoms with E-state index in [1.165, 1.54) is 11.8 Å². The highest BCUT2D eigenvalue weighted by Gasteiger charge is 2.61. The molecule has 0 aliphatic carbocycles. The summed E-state index contributed by atoms with van der Waals surface area (Å²) in [6.45, 7) is 1.27. The van der Waals surface area contributed by atoms with E-state index < -0.39 is 23.8 Å². The maximum Gasteiger partial charge on any atom is 0.302 e. The number of hydrogen-bond acceptors (Lipinski definition) is 5. The van der Waals surface area contributed by atoms with E-state index in [9.17, 15) is 14.4 Å². The van der Waals surface area contributed by atoms with Gasteiger partial charge in [0.1, 0.15) is 6.61 Å². The zero-order valence-corrected chi connectivity index (χ0v) is 13.1. The first-order valence-electron chi connectivity index (χ1n) is 7.97. The number of nitrogens with zero attached hydrogens (tertiary/aromatic N) is 1. The molecule has 2 saturated heterocycles. The summed E-state index contributed by atoms with van der Waals surface area (Å²) in [4.78, 5) is 38.3. The molecular weight excluding hydrogens is 310 g/mol. The van der Waals surface area contributed by atoms with Crippen LogP contribution in [0.1, 0.15) is 18.5 Å². The van der Waals surface area contributed by atoms with Crippen molar-refractivity contribution in [3.05, 3.63) is 48.0 Å². The van der Waals surface area contributed by atoms with Crippen molar-refractivity contribution in [1.29, 1.82) is 0 Å². The predicted octanol–water partition coefficient (Wildman–Crippen LogP) is 1.23. The van der Waals surface area contributed by atoms with Crippen molar-refractivity contribution in [2.45, 2.75) is 25.2 Å². The van der Waals surface area contributed by atoms with Crippen LogP contribution in [-0.4, -0.2) is 41.5 Å². The standard InChI is InChI=1S/C18H17NO5/c1-10(20)23-9-12(11-5-3-2-4-6-11)19-17(21)15-13-7-8-14(24-13)16(15)18(19)22/h2-8,12-16H,9H2,1H3/t12-,13?,14?,15-,16+/m1/s1. The van der Waals surface area contributed by atoms with Crippen molar-refractivity contribution in [2.24, 2.45) is 11.8 Å². The van der Waals surface area contributed by atoms with Crippen LogP contribution in [-0.2, 0) is 23.9 Å². The third-order valence-corrected chi connectivity index (χ3v) is 4.89. The number of hydrogen-bond donors (Lipinski definition) is 0. The largest absolute Gasteiger partial charge is 0.463 e. The van der Waals surface area contributed by atoms with Gasteiger partial charge in [-0.1, -0.05) is 42.5 Å². The summed E-state index contributed by atoms with van der Waals surface area (Å²) in [6.07, 6.45) is 3.05. The molecule has 3 aliphatic rings. The molecule has 4 rings (SSSR count). The molecule has 1 aromatic rings. The van der Waals surface area contributed by atoms with Crippen LogP contribution >= 0.6 is 0 Å². The fourth-order valence-corrected chi connectivity index (χ4v) is 3.83. The number of amides is 2. The molecule has 2 amide bonds. The Morgan fingerprint density at radius 2 is 1.71 bits per heavy atom. The van der Waals surface area contributed by atoms with Crippen molar-refractivity contribution in [1.82, 2.24) is 4.90 Å². The Kier molecular flexibility index (Phi) is 3.49. The minimum absolute atomic E-state index is 0.0418. The first kappa shape index (κ1) is 15.1. The number of ether oxygens (including phenoxy) is 2. The van der Waals surface area contributed by atoms with E-state index in [1.807, 2.05) is 42.5 Å². The van der Waals surface area contributed by atoms with E-state index in [0.29, 0.717) is 0 Å². The number of esters is 1. The van der Waals surface area contributed by atoms with Gasteiger partial charge in [0.2, 0.25) is 11.8 Å². The van der Waals surface area contributed by atoms with Crippen LogP contribution in [0.15, 0.2) is 42.5 Å². The van der Waals surface area contributed by atoms with E-state index >= 15 is 0 Å². The molecule has 124 valence electrons. The van der Waals surface area contributed by atoms with Crippen LogP contribution in [0.25, 0.3) is 0 Å². The maximum absolute atomic E-state index is 12.9. The number of carbonyl (C=O) groups is 3. The van der Waals surface area contributed by atoms with Crippen molar-refractivity contribution in [2.75, 3.05) is 6.61 Å². The third kappa shape index (κ3) is 2.17. The number of rotatable bonds is 4. The average molecular weight is 327 g/mol. The number of carbonyl (C=O) groups excluding carboxylic acids is 3. The molecule has 6 heteroatoms. The highest BCUT2D eigenvalue weighted by molar-refractivity contribution is 6.07. The Morgan fingerprint density at radius 1 is 1.12 bits per heavy atom. The molecule has 0 saturated carbocycles. The molecule has 0 radical (unpaired) electrons. The smallest absolute Gasteiger partial charge is 0.302 e. The van der Waals surface area contributed by atoms with Gasteiger partial charge < -0.3 is 9.47 Å². The summed E-state index contributed by atoms with van der Waals surface area (Å²) in [7, 11) is 0. The van der Waals surface area contributed by atoms with E-state index in [0.717, 1.165) is 5.56 Å². The zero-order chi connectivity index (χ0) is 16.8. The molecule has 2 unspecified atom stereocenters. The average Bonchev–Trinajstić information content (AvgIpc) is 3.25. The molecule has 3 heterocycles. The molecule has 2 bridgehead atoms. The first-order chi connectivity index (χ1) is 11.6. The maximum atomic E-state index is 12.9. The highest BCUT2D eigenvalue weighted by Crippen LogP contribution is 2.47. The SMILES string of the molecule is CC(=O)OC[C@H](c1ccccc1)N1C(=O)[C@@H]2C3C=CC(O3)[C@@H]2C1=O. The monoisotopic (exact) mass is 327 g/mol. The van der Waals surface area contributed by atoms with Crippen LogP contribution in [0.5, 0.6) is 0 Å². The summed E-state index contributed by atoms with van der Waals surface area (Å²) >= 11 is 0. The summed E-state index contributed by atoms with van der Waals surface area (Å²) in [5.41, 5.74) is 0.765. The Balaban J connectivity index is 1.67. The fourth-order valence-electron chi connectivity index (χ4n) is 3.83. The zero-order valence-electron chi connectivity index (χ0n) is 13.1. The Bertz CT molecular complexity index is 698. The second-order valence-electron chi connectivity index (χ2n) is 6.28. The Morgan fingerprint density at radius 3 is 2.25 bits per heavy atom. The van der Waals surface area contributed by atoms with Gasteiger partial charge in [0, 0.05) is 6.92 Å². The van der Waals surface area contributed by atoms with Crippen LogP contribution in [0.3, 0.4) is 0 Å². The number of likely N-dealkylation sites (tertiary alicyclic amines) is 1. The van der Waals surface area contributed by atoms with Gasteiger partial charge >= 0.3 is 5.97 Å².